The van der Waals surface area contributed by atoms with E-state index in [1.165, 1.54) is 24.3 Å². The minimum Gasteiger partial charge on any atom is -0.491 e. The summed E-state index contributed by atoms with van der Waals surface area (Å²) in [6, 6.07) is 5.18. The molecule has 0 aliphatic heterocycles. The summed E-state index contributed by atoms with van der Waals surface area (Å²) >= 11 is 5.00. The largest absolute Gasteiger partial charge is 0.491 e. The first-order valence-electron chi connectivity index (χ1n) is 10.7. The highest BCUT2D eigenvalue weighted by Crippen LogP contribution is 2.40. The van der Waals surface area contributed by atoms with Crippen LogP contribution in [0.25, 0.3) is 0 Å². The summed E-state index contributed by atoms with van der Waals surface area (Å²) in [6.45, 7) is 3.95. The second kappa shape index (κ2) is 10.4. The fraction of sp³-hybridized carbons (Fsp3) is 0.458. The SMILES string of the molecule is CCC[C@H]1CC[C@H](c2ccc(OC(=S)c3ccc(OCC)c(F)c3F)c(F)c2F)CC1. The van der Waals surface area contributed by atoms with Gasteiger partial charge in [0.1, 0.15) is 0 Å². The number of halogens is 4. The Balaban J connectivity index is 1.75. The van der Waals surface area contributed by atoms with Gasteiger partial charge < -0.3 is 9.47 Å². The molecule has 0 N–H and O–H groups in total. The van der Waals surface area contributed by atoms with Crippen molar-refractivity contribution in [2.45, 2.75) is 58.3 Å². The van der Waals surface area contributed by atoms with Gasteiger partial charge in [0.15, 0.2) is 23.1 Å². The molecule has 0 aromatic heterocycles. The van der Waals surface area contributed by atoms with Crippen molar-refractivity contribution in [3.05, 3.63) is 58.7 Å². The first kappa shape index (κ1) is 23.5. The van der Waals surface area contributed by atoms with Crippen LogP contribution in [-0.2, 0) is 0 Å². The van der Waals surface area contributed by atoms with E-state index in [2.05, 4.69) is 6.92 Å². The predicted octanol–water partition coefficient (Wildman–Crippen LogP) is 7.47. The maximum atomic E-state index is 14.8. The van der Waals surface area contributed by atoms with Gasteiger partial charge in [-0.2, -0.15) is 8.78 Å². The van der Waals surface area contributed by atoms with E-state index >= 15 is 0 Å². The second-order valence-electron chi connectivity index (χ2n) is 7.85. The molecule has 1 aliphatic rings. The van der Waals surface area contributed by atoms with Crippen LogP contribution in [0.4, 0.5) is 17.6 Å². The van der Waals surface area contributed by atoms with Crippen molar-refractivity contribution in [3.8, 4) is 11.5 Å². The lowest BCUT2D eigenvalue weighted by Gasteiger charge is -2.29. The Hall–Kier alpha value is -2.15. The van der Waals surface area contributed by atoms with Crippen LogP contribution in [0.2, 0.25) is 0 Å². The van der Waals surface area contributed by atoms with Crippen molar-refractivity contribution in [3.63, 3.8) is 0 Å². The van der Waals surface area contributed by atoms with Crippen LogP contribution in [0.1, 0.15) is 69.4 Å². The van der Waals surface area contributed by atoms with Crippen molar-refractivity contribution in [1.29, 1.82) is 0 Å². The average molecular weight is 455 g/mol. The third-order valence-electron chi connectivity index (χ3n) is 5.83. The first-order valence-corrected chi connectivity index (χ1v) is 11.1. The third kappa shape index (κ3) is 5.20. The summed E-state index contributed by atoms with van der Waals surface area (Å²) in [6.07, 6.45) is 5.93. The fourth-order valence-electron chi connectivity index (χ4n) is 4.22. The molecule has 0 heterocycles. The van der Waals surface area contributed by atoms with Gasteiger partial charge in [0.05, 0.1) is 12.2 Å². The number of thiocarbonyl (C=S) groups is 1. The molecule has 2 aromatic rings. The molecule has 0 bridgehead atoms. The Morgan fingerprint density at radius 2 is 1.52 bits per heavy atom. The maximum Gasteiger partial charge on any atom is 0.201 e. The molecule has 0 amide bonds. The van der Waals surface area contributed by atoms with E-state index in [9.17, 15) is 17.6 Å². The maximum absolute atomic E-state index is 14.8. The normalized spacial score (nSPS) is 18.6. The number of hydrogen-bond donors (Lipinski definition) is 0. The number of rotatable bonds is 7. The molecule has 0 spiro atoms. The van der Waals surface area contributed by atoms with E-state index in [4.69, 9.17) is 21.7 Å². The Morgan fingerprint density at radius 1 is 0.871 bits per heavy atom. The zero-order valence-corrected chi connectivity index (χ0v) is 18.5. The highest BCUT2D eigenvalue weighted by molar-refractivity contribution is 7.80. The van der Waals surface area contributed by atoms with Crippen molar-refractivity contribution in [1.82, 2.24) is 0 Å². The molecule has 1 fully saturated rings. The Morgan fingerprint density at radius 3 is 2.16 bits per heavy atom. The Bertz CT molecular complexity index is 940. The van der Waals surface area contributed by atoms with Crippen LogP contribution >= 0.6 is 12.2 Å². The zero-order chi connectivity index (χ0) is 22.5. The summed E-state index contributed by atoms with van der Waals surface area (Å²) in [5.41, 5.74) is -0.0434. The molecule has 0 saturated heterocycles. The van der Waals surface area contributed by atoms with Crippen molar-refractivity contribution < 1.29 is 27.0 Å². The highest BCUT2D eigenvalue weighted by Gasteiger charge is 2.27. The van der Waals surface area contributed by atoms with Gasteiger partial charge in [0, 0.05) is 0 Å². The Kier molecular flexibility index (Phi) is 7.92. The summed E-state index contributed by atoms with van der Waals surface area (Å²) < 4.78 is 68.1. The van der Waals surface area contributed by atoms with E-state index in [-0.39, 0.29) is 23.8 Å². The molecule has 3 rings (SSSR count). The minimum absolute atomic E-state index is 0.0405. The summed E-state index contributed by atoms with van der Waals surface area (Å²) in [5.74, 6) is -4.75. The second-order valence-corrected chi connectivity index (χ2v) is 8.22. The minimum atomic E-state index is -1.27. The molecule has 0 radical (unpaired) electrons. The van der Waals surface area contributed by atoms with Gasteiger partial charge in [-0.1, -0.05) is 25.8 Å². The lowest BCUT2D eigenvalue weighted by atomic mass is 9.77. The van der Waals surface area contributed by atoms with Gasteiger partial charge in [-0.05, 0) is 80.4 Å². The number of ether oxygens (including phenoxy) is 2. The topological polar surface area (TPSA) is 18.5 Å². The van der Waals surface area contributed by atoms with Crippen LogP contribution in [0.3, 0.4) is 0 Å². The van der Waals surface area contributed by atoms with Gasteiger partial charge in [0.2, 0.25) is 16.7 Å². The van der Waals surface area contributed by atoms with Crippen LogP contribution < -0.4 is 9.47 Å². The molecule has 2 aromatic carbocycles. The van der Waals surface area contributed by atoms with E-state index < -0.39 is 34.1 Å². The van der Waals surface area contributed by atoms with E-state index in [1.807, 2.05) is 0 Å². The average Bonchev–Trinajstić information content (AvgIpc) is 2.76. The van der Waals surface area contributed by atoms with Crippen LogP contribution in [0, 0.1) is 29.2 Å². The highest BCUT2D eigenvalue weighted by atomic mass is 32.1. The third-order valence-corrected chi connectivity index (χ3v) is 6.13. The number of benzene rings is 2. The van der Waals surface area contributed by atoms with E-state index in [0.29, 0.717) is 11.5 Å². The monoisotopic (exact) mass is 454 g/mol. The Labute approximate surface area is 185 Å². The first-order chi connectivity index (χ1) is 14.9. The lowest BCUT2D eigenvalue weighted by Crippen LogP contribution is -2.16. The van der Waals surface area contributed by atoms with Crippen LogP contribution in [0.5, 0.6) is 11.5 Å². The quantitative estimate of drug-likeness (QED) is 0.319. The molecule has 0 atom stereocenters. The van der Waals surface area contributed by atoms with Crippen molar-refractivity contribution in [2.24, 2.45) is 5.92 Å². The molecule has 7 heteroatoms. The predicted molar refractivity (Wildman–Crippen MR) is 116 cm³/mol. The molecular formula is C24H26F4O2S. The molecule has 31 heavy (non-hydrogen) atoms. The van der Waals surface area contributed by atoms with E-state index in [1.54, 1.807) is 6.92 Å². The van der Waals surface area contributed by atoms with Gasteiger partial charge in [-0.15, -0.1) is 0 Å². The zero-order valence-electron chi connectivity index (χ0n) is 17.7. The standard InChI is InChI=1S/C24H26F4O2S/c1-3-5-14-6-8-15(9-7-14)16-10-13-19(23(28)20(16)25)30-24(31)17-11-12-18(29-4-2)22(27)21(17)26/h10-15H,3-9H2,1-2H3/t14-,15-. The summed E-state index contributed by atoms with van der Waals surface area (Å²) in [4.78, 5) is 0. The van der Waals surface area contributed by atoms with Gasteiger partial charge in [0.25, 0.3) is 0 Å². The van der Waals surface area contributed by atoms with Gasteiger partial charge >= 0.3 is 0 Å². The molecule has 2 nitrogen and oxygen atoms in total. The molecule has 1 aliphatic carbocycles. The molecular weight excluding hydrogens is 428 g/mol. The van der Waals surface area contributed by atoms with Crippen LogP contribution in [-0.4, -0.2) is 11.7 Å². The van der Waals surface area contributed by atoms with Gasteiger partial charge in [-0.25, -0.2) is 8.78 Å². The van der Waals surface area contributed by atoms with E-state index in [0.717, 1.165) is 38.5 Å². The lowest BCUT2D eigenvalue weighted by molar-refractivity contribution is 0.302. The fourth-order valence-corrected chi connectivity index (χ4v) is 4.47. The summed E-state index contributed by atoms with van der Waals surface area (Å²) in [7, 11) is 0. The molecule has 168 valence electrons. The summed E-state index contributed by atoms with van der Waals surface area (Å²) in [5, 5.41) is -0.495. The molecule has 1 saturated carbocycles. The molecule has 0 unspecified atom stereocenters. The van der Waals surface area contributed by atoms with Gasteiger partial charge in [-0.3, -0.25) is 0 Å². The van der Waals surface area contributed by atoms with Crippen LogP contribution in [0.15, 0.2) is 24.3 Å². The smallest absolute Gasteiger partial charge is 0.201 e. The van der Waals surface area contributed by atoms with Crippen molar-refractivity contribution in [2.75, 3.05) is 6.61 Å². The number of hydrogen-bond acceptors (Lipinski definition) is 3. The van der Waals surface area contributed by atoms with Crippen molar-refractivity contribution >= 4 is 17.3 Å².